The van der Waals surface area contributed by atoms with Gasteiger partial charge in [0.2, 0.25) is 0 Å². The topological polar surface area (TPSA) is 32.3 Å². The number of nitrogens with one attached hydrogen (secondary N) is 1. The van der Waals surface area contributed by atoms with E-state index in [0.29, 0.717) is 17.1 Å². The SMILES string of the molecule is CCCNC(C)c1cc(F)c(C)cc1N1CCS(=O)CC1. The summed E-state index contributed by atoms with van der Waals surface area (Å²) in [5, 5.41) is 3.43. The highest BCUT2D eigenvalue weighted by Crippen LogP contribution is 2.30. The lowest BCUT2D eigenvalue weighted by Crippen LogP contribution is -2.38. The van der Waals surface area contributed by atoms with E-state index < -0.39 is 10.8 Å². The maximum absolute atomic E-state index is 14.0. The second kappa shape index (κ2) is 7.36. The Morgan fingerprint density at radius 1 is 1.38 bits per heavy atom. The maximum atomic E-state index is 14.0. The first-order valence-electron chi connectivity index (χ1n) is 7.66. The van der Waals surface area contributed by atoms with Crippen molar-refractivity contribution >= 4 is 16.5 Å². The second-order valence-corrected chi connectivity index (χ2v) is 7.37. The Morgan fingerprint density at radius 3 is 2.67 bits per heavy atom. The number of halogens is 1. The smallest absolute Gasteiger partial charge is 0.126 e. The number of rotatable bonds is 5. The number of nitrogens with zero attached hydrogens (tertiary/aromatic N) is 1. The van der Waals surface area contributed by atoms with Gasteiger partial charge in [0.1, 0.15) is 5.82 Å². The molecule has 118 valence electrons. The van der Waals surface area contributed by atoms with Gasteiger partial charge in [-0.15, -0.1) is 0 Å². The Morgan fingerprint density at radius 2 is 2.05 bits per heavy atom. The Bertz CT molecular complexity index is 511. The highest BCUT2D eigenvalue weighted by molar-refractivity contribution is 7.85. The molecule has 1 N–H and O–H groups in total. The Hall–Kier alpha value is -0.940. The largest absolute Gasteiger partial charge is 0.369 e. The van der Waals surface area contributed by atoms with E-state index in [1.54, 1.807) is 13.0 Å². The van der Waals surface area contributed by atoms with E-state index in [9.17, 15) is 8.60 Å². The molecule has 0 bridgehead atoms. The first-order valence-corrected chi connectivity index (χ1v) is 9.15. The minimum absolute atomic E-state index is 0.113. The summed E-state index contributed by atoms with van der Waals surface area (Å²) in [4.78, 5) is 2.24. The Labute approximate surface area is 129 Å². The molecule has 0 amide bonds. The molecule has 1 aromatic carbocycles. The molecule has 1 aliphatic rings. The molecule has 5 heteroatoms. The lowest BCUT2D eigenvalue weighted by Gasteiger charge is -2.32. The number of hydrogen-bond donors (Lipinski definition) is 1. The fraction of sp³-hybridized carbons (Fsp3) is 0.625. The zero-order chi connectivity index (χ0) is 15.4. The van der Waals surface area contributed by atoms with Crippen LogP contribution in [-0.2, 0) is 10.8 Å². The molecular weight excluding hydrogens is 287 g/mol. The van der Waals surface area contributed by atoms with Crippen molar-refractivity contribution in [1.29, 1.82) is 0 Å². The zero-order valence-corrected chi connectivity index (χ0v) is 13.9. The van der Waals surface area contributed by atoms with Crippen LogP contribution in [0.4, 0.5) is 10.1 Å². The van der Waals surface area contributed by atoms with Crippen LogP contribution in [0, 0.1) is 12.7 Å². The average Bonchev–Trinajstić information content (AvgIpc) is 2.48. The normalized spacial score (nSPS) is 18.0. The van der Waals surface area contributed by atoms with Gasteiger partial charge in [-0.1, -0.05) is 6.92 Å². The lowest BCUT2D eigenvalue weighted by molar-refractivity contribution is 0.559. The van der Waals surface area contributed by atoms with Crippen molar-refractivity contribution in [3.05, 3.63) is 29.1 Å². The van der Waals surface area contributed by atoms with Crippen LogP contribution in [0.15, 0.2) is 12.1 Å². The van der Waals surface area contributed by atoms with Crippen molar-refractivity contribution < 1.29 is 8.60 Å². The Balaban J connectivity index is 2.29. The van der Waals surface area contributed by atoms with Crippen molar-refractivity contribution in [3.8, 4) is 0 Å². The third-order valence-electron chi connectivity index (χ3n) is 3.99. The number of anilines is 1. The lowest BCUT2D eigenvalue weighted by atomic mass is 10.0. The molecule has 1 unspecified atom stereocenters. The molecule has 0 spiro atoms. The number of aryl methyl sites for hydroxylation is 1. The van der Waals surface area contributed by atoms with E-state index >= 15 is 0 Å². The molecule has 1 heterocycles. The molecule has 0 radical (unpaired) electrons. The van der Waals surface area contributed by atoms with Gasteiger partial charge < -0.3 is 10.2 Å². The van der Waals surface area contributed by atoms with Gasteiger partial charge in [-0.3, -0.25) is 4.21 Å². The summed E-state index contributed by atoms with van der Waals surface area (Å²) >= 11 is 0. The van der Waals surface area contributed by atoms with Crippen LogP contribution in [-0.4, -0.2) is 35.3 Å². The van der Waals surface area contributed by atoms with Crippen LogP contribution in [0.2, 0.25) is 0 Å². The predicted octanol–water partition coefficient (Wildman–Crippen LogP) is 2.76. The molecule has 1 atom stereocenters. The molecule has 1 aliphatic heterocycles. The molecule has 0 aromatic heterocycles. The van der Waals surface area contributed by atoms with Gasteiger partial charge in [-0.25, -0.2) is 4.39 Å². The molecular formula is C16H25FN2OS. The van der Waals surface area contributed by atoms with Gasteiger partial charge in [0, 0.05) is 47.1 Å². The molecule has 2 rings (SSSR count). The zero-order valence-electron chi connectivity index (χ0n) is 13.1. The fourth-order valence-corrected chi connectivity index (χ4v) is 3.70. The summed E-state index contributed by atoms with van der Waals surface area (Å²) in [5.41, 5.74) is 2.75. The van der Waals surface area contributed by atoms with E-state index in [0.717, 1.165) is 37.3 Å². The summed E-state index contributed by atoms with van der Waals surface area (Å²) in [7, 11) is -0.698. The minimum atomic E-state index is -0.698. The van der Waals surface area contributed by atoms with Gasteiger partial charge >= 0.3 is 0 Å². The quantitative estimate of drug-likeness (QED) is 0.907. The van der Waals surface area contributed by atoms with E-state index in [-0.39, 0.29) is 11.9 Å². The first kappa shape index (κ1) is 16.4. The first-order chi connectivity index (χ1) is 10.0. The van der Waals surface area contributed by atoms with Gasteiger partial charge in [0.25, 0.3) is 0 Å². The van der Waals surface area contributed by atoms with Crippen LogP contribution in [0.25, 0.3) is 0 Å². The van der Waals surface area contributed by atoms with Crippen molar-refractivity contribution in [3.63, 3.8) is 0 Å². The summed E-state index contributed by atoms with van der Waals surface area (Å²) < 4.78 is 25.5. The summed E-state index contributed by atoms with van der Waals surface area (Å²) in [6, 6.07) is 3.70. The third kappa shape index (κ3) is 4.04. The summed E-state index contributed by atoms with van der Waals surface area (Å²) in [6.07, 6.45) is 1.05. The molecule has 1 aromatic rings. The molecule has 1 fully saturated rings. The van der Waals surface area contributed by atoms with Crippen LogP contribution in [0.3, 0.4) is 0 Å². The summed E-state index contributed by atoms with van der Waals surface area (Å²) in [5.74, 6) is 1.25. The monoisotopic (exact) mass is 312 g/mol. The van der Waals surface area contributed by atoms with E-state index in [1.807, 2.05) is 6.07 Å². The van der Waals surface area contributed by atoms with Crippen LogP contribution < -0.4 is 10.2 Å². The Kier molecular flexibility index (Phi) is 5.76. The predicted molar refractivity (Wildman–Crippen MR) is 87.9 cm³/mol. The van der Waals surface area contributed by atoms with Crippen LogP contribution in [0.5, 0.6) is 0 Å². The van der Waals surface area contributed by atoms with Crippen LogP contribution in [0.1, 0.15) is 37.4 Å². The van der Waals surface area contributed by atoms with Gasteiger partial charge in [-0.2, -0.15) is 0 Å². The standard InChI is InChI=1S/C16H25FN2OS/c1-4-5-18-13(3)14-11-15(17)12(2)10-16(14)19-6-8-21(20)9-7-19/h10-11,13,18H,4-9H2,1-3H3. The number of hydrogen-bond acceptors (Lipinski definition) is 3. The molecule has 3 nitrogen and oxygen atoms in total. The van der Waals surface area contributed by atoms with E-state index in [4.69, 9.17) is 0 Å². The van der Waals surface area contributed by atoms with Gasteiger partial charge in [-0.05, 0) is 50.1 Å². The highest BCUT2D eigenvalue weighted by atomic mass is 32.2. The number of benzene rings is 1. The van der Waals surface area contributed by atoms with Crippen LogP contribution >= 0.6 is 0 Å². The van der Waals surface area contributed by atoms with Gasteiger partial charge in [0.05, 0.1) is 0 Å². The fourth-order valence-electron chi connectivity index (χ4n) is 2.65. The van der Waals surface area contributed by atoms with E-state index in [1.165, 1.54) is 0 Å². The molecule has 1 saturated heterocycles. The highest BCUT2D eigenvalue weighted by Gasteiger charge is 2.21. The molecule has 21 heavy (non-hydrogen) atoms. The summed E-state index contributed by atoms with van der Waals surface area (Å²) in [6.45, 7) is 8.48. The molecule has 0 aliphatic carbocycles. The minimum Gasteiger partial charge on any atom is -0.369 e. The molecule has 0 saturated carbocycles. The van der Waals surface area contributed by atoms with Crippen molar-refractivity contribution in [1.82, 2.24) is 5.32 Å². The van der Waals surface area contributed by atoms with Gasteiger partial charge in [0.15, 0.2) is 0 Å². The second-order valence-electron chi connectivity index (χ2n) is 5.67. The van der Waals surface area contributed by atoms with Crippen molar-refractivity contribution in [2.24, 2.45) is 0 Å². The third-order valence-corrected chi connectivity index (χ3v) is 5.27. The van der Waals surface area contributed by atoms with Crippen molar-refractivity contribution in [2.45, 2.75) is 33.2 Å². The average molecular weight is 312 g/mol. The van der Waals surface area contributed by atoms with E-state index in [2.05, 4.69) is 24.1 Å². The maximum Gasteiger partial charge on any atom is 0.126 e. The van der Waals surface area contributed by atoms with Crippen molar-refractivity contribution in [2.75, 3.05) is 36.0 Å².